The Morgan fingerprint density at radius 2 is 1.67 bits per heavy atom. The summed E-state index contributed by atoms with van der Waals surface area (Å²) in [6.45, 7) is 2.01. The van der Waals surface area contributed by atoms with E-state index in [9.17, 15) is 4.79 Å². The van der Waals surface area contributed by atoms with Crippen molar-refractivity contribution < 1.29 is 4.79 Å². The minimum atomic E-state index is -0.0704. The smallest absolute Gasteiger partial charge is 0.252 e. The summed E-state index contributed by atoms with van der Waals surface area (Å²) in [6, 6.07) is 13.7. The number of hydrogen-bond acceptors (Lipinski definition) is 1. The normalized spacial score (nSPS) is 12.0. The van der Waals surface area contributed by atoms with Gasteiger partial charge in [0, 0.05) is 19.5 Å². The molecule has 5 heteroatoms. The van der Waals surface area contributed by atoms with E-state index in [2.05, 4.69) is 65.2 Å². The lowest BCUT2D eigenvalue weighted by Gasteiger charge is -2.15. The number of carbonyl (C=O) groups is 1. The van der Waals surface area contributed by atoms with Gasteiger partial charge in [-0.1, -0.05) is 44.0 Å². The third-order valence-corrected chi connectivity index (χ3v) is 4.69. The summed E-state index contributed by atoms with van der Waals surface area (Å²) in [6.07, 6.45) is 0.799. The number of nitrogens with one attached hydrogen (secondary N) is 1. The number of benzene rings is 2. The van der Waals surface area contributed by atoms with Gasteiger partial charge in [-0.3, -0.25) is 4.79 Å². The summed E-state index contributed by atoms with van der Waals surface area (Å²) in [7, 11) is 0. The van der Waals surface area contributed by atoms with E-state index >= 15 is 0 Å². The van der Waals surface area contributed by atoms with Crippen LogP contribution in [0, 0.1) is 0 Å². The Morgan fingerprint density at radius 1 is 1.05 bits per heavy atom. The van der Waals surface area contributed by atoms with Crippen LogP contribution >= 0.6 is 47.8 Å². The Hall–Kier alpha value is -0.650. The lowest BCUT2D eigenvalue weighted by Crippen LogP contribution is -2.34. The molecule has 0 aliphatic heterocycles. The molecule has 1 amide bonds. The average molecular weight is 476 g/mol. The first-order valence-electron chi connectivity index (χ1n) is 6.46. The Bertz CT molecular complexity index is 640. The van der Waals surface area contributed by atoms with Gasteiger partial charge in [0.15, 0.2) is 0 Å². The van der Waals surface area contributed by atoms with Crippen LogP contribution in [0.2, 0.25) is 0 Å². The molecule has 0 saturated carbocycles. The summed E-state index contributed by atoms with van der Waals surface area (Å²) in [5.41, 5.74) is 1.83. The zero-order chi connectivity index (χ0) is 15.4. The van der Waals surface area contributed by atoms with Gasteiger partial charge < -0.3 is 5.32 Å². The third kappa shape index (κ3) is 4.94. The third-order valence-electron chi connectivity index (χ3n) is 3.01. The van der Waals surface area contributed by atoms with E-state index in [0.717, 1.165) is 19.8 Å². The van der Waals surface area contributed by atoms with Gasteiger partial charge in [-0.25, -0.2) is 0 Å². The van der Waals surface area contributed by atoms with Crippen LogP contribution in [0.4, 0.5) is 0 Å². The van der Waals surface area contributed by atoms with Gasteiger partial charge in [0.25, 0.3) is 5.91 Å². The number of hydrogen-bond donors (Lipinski definition) is 1. The Balaban J connectivity index is 2.00. The molecule has 0 spiro atoms. The zero-order valence-electron chi connectivity index (χ0n) is 11.4. The molecule has 0 fully saturated rings. The van der Waals surface area contributed by atoms with Crippen LogP contribution in [0.3, 0.4) is 0 Å². The van der Waals surface area contributed by atoms with Crippen LogP contribution in [-0.4, -0.2) is 11.9 Å². The van der Waals surface area contributed by atoms with E-state index in [4.69, 9.17) is 0 Å². The maximum absolute atomic E-state index is 12.3. The minimum Gasteiger partial charge on any atom is -0.349 e. The van der Waals surface area contributed by atoms with Gasteiger partial charge in [0.05, 0.1) is 5.56 Å². The topological polar surface area (TPSA) is 29.1 Å². The molecule has 0 bridgehead atoms. The molecule has 110 valence electrons. The highest BCUT2D eigenvalue weighted by Crippen LogP contribution is 2.22. The molecule has 0 saturated heterocycles. The second-order valence-corrected chi connectivity index (χ2v) is 7.51. The molecular formula is C16H14Br3NO. The summed E-state index contributed by atoms with van der Waals surface area (Å²) >= 11 is 10.2. The van der Waals surface area contributed by atoms with Gasteiger partial charge in [-0.05, 0) is 65.2 Å². The molecule has 0 radical (unpaired) electrons. The molecule has 2 rings (SSSR count). The number of halogens is 3. The fourth-order valence-corrected chi connectivity index (χ4v) is 3.49. The van der Waals surface area contributed by atoms with Crippen molar-refractivity contribution in [1.29, 1.82) is 0 Å². The monoisotopic (exact) mass is 473 g/mol. The fourth-order valence-electron chi connectivity index (χ4n) is 2.00. The quantitative estimate of drug-likeness (QED) is 0.635. The molecule has 2 aromatic carbocycles. The van der Waals surface area contributed by atoms with Crippen LogP contribution in [0.15, 0.2) is 55.9 Å². The molecule has 2 nitrogen and oxygen atoms in total. The molecule has 0 aliphatic carbocycles. The van der Waals surface area contributed by atoms with Crippen LogP contribution in [0.5, 0.6) is 0 Å². The average Bonchev–Trinajstić information content (AvgIpc) is 2.41. The molecule has 1 unspecified atom stereocenters. The van der Waals surface area contributed by atoms with Gasteiger partial charge in [-0.15, -0.1) is 0 Å². The predicted molar refractivity (Wildman–Crippen MR) is 96.6 cm³/mol. The summed E-state index contributed by atoms with van der Waals surface area (Å²) in [5.74, 6) is -0.0704. The van der Waals surface area contributed by atoms with Crippen LogP contribution < -0.4 is 5.32 Å². The van der Waals surface area contributed by atoms with Crippen molar-refractivity contribution in [3.8, 4) is 0 Å². The minimum absolute atomic E-state index is 0.0641. The molecule has 0 aliphatic rings. The fraction of sp³-hybridized carbons (Fsp3) is 0.188. The van der Waals surface area contributed by atoms with Gasteiger partial charge in [0.1, 0.15) is 0 Å². The number of carbonyl (C=O) groups excluding carboxylic acids is 1. The first kappa shape index (κ1) is 16.7. The van der Waals surface area contributed by atoms with Crippen molar-refractivity contribution in [3.63, 3.8) is 0 Å². The van der Waals surface area contributed by atoms with E-state index in [1.54, 1.807) is 6.07 Å². The summed E-state index contributed by atoms with van der Waals surface area (Å²) in [4.78, 5) is 12.3. The maximum Gasteiger partial charge on any atom is 0.252 e. The molecule has 21 heavy (non-hydrogen) atoms. The van der Waals surface area contributed by atoms with E-state index in [1.807, 2.05) is 31.2 Å². The molecule has 1 atom stereocenters. The lowest BCUT2D eigenvalue weighted by molar-refractivity contribution is 0.0939. The standard InChI is InChI=1S/C16H14Br3NO/c1-10(8-11-2-4-12(17)5-3-11)20-16(21)14-7-6-13(18)9-15(14)19/h2-7,9-10H,8H2,1H3,(H,20,21). The van der Waals surface area contributed by atoms with E-state index in [1.165, 1.54) is 5.56 Å². The highest BCUT2D eigenvalue weighted by molar-refractivity contribution is 9.11. The number of amides is 1. The first-order valence-corrected chi connectivity index (χ1v) is 8.84. The number of rotatable bonds is 4. The van der Waals surface area contributed by atoms with E-state index < -0.39 is 0 Å². The van der Waals surface area contributed by atoms with Crippen molar-refractivity contribution >= 4 is 53.7 Å². The maximum atomic E-state index is 12.3. The van der Waals surface area contributed by atoms with Crippen LogP contribution in [0.25, 0.3) is 0 Å². The van der Waals surface area contributed by atoms with Gasteiger partial charge >= 0.3 is 0 Å². The summed E-state index contributed by atoms with van der Waals surface area (Å²) in [5, 5.41) is 3.02. The van der Waals surface area contributed by atoms with Gasteiger partial charge in [-0.2, -0.15) is 0 Å². The highest BCUT2D eigenvalue weighted by atomic mass is 79.9. The Labute approximate surface area is 149 Å². The van der Waals surface area contributed by atoms with Crippen molar-refractivity contribution in [3.05, 3.63) is 67.0 Å². The molecule has 1 N–H and O–H groups in total. The molecule has 0 aromatic heterocycles. The predicted octanol–water partition coefficient (Wildman–Crippen LogP) is 5.34. The van der Waals surface area contributed by atoms with Crippen molar-refractivity contribution in [1.82, 2.24) is 5.32 Å². The second-order valence-electron chi connectivity index (χ2n) is 4.83. The van der Waals surface area contributed by atoms with Crippen molar-refractivity contribution in [2.75, 3.05) is 0 Å². The van der Waals surface area contributed by atoms with Crippen molar-refractivity contribution in [2.24, 2.45) is 0 Å². The van der Waals surface area contributed by atoms with Crippen LogP contribution in [0.1, 0.15) is 22.8 Å². The largest absolute Gasteiger partial charge is 0.349 e. The molecular weight excluding hydrogens is 462 g/mol. The van der Waals surface area contributed by atoms with Crippen molar-refractivity contribution in [2.45, 2.75) is 19.4 Å². The lowest BCUT2D eigenvalue weighted by atomic mass is 10.1. The second kappa shape index (κ2) is 7.56. The Morgan fingerprint density at radius 3 is 2.29 bits per heavy atom. The van der Waals surface area contributed by atoms with E-state index in [-0.39, 0.29) is 11.9 Å². The highest BCUT2D eigenvalue weighted by Gasteiger charge is 2.13. The van der Waals surface area contributed by atoms with Crippen LogP contribution in [-0.2, 0) is 6.42 Å². The molecule has 0 heterocycles. The van der Waals surface area contributed by atoms with Gasteiger partial charge in [0.2, 0.25) is 0 Å². The zero-order valence-corrected chi connectivity index (χ0v) is 16.1. The SMILES string of the molecule is CC(Cc1ccc(Br)cc1)NC(=O)c1ccc(Br)cc1Br. The Kier molecular flexibility index (Phi) is 6.02. The summed E-state index contributed by atoms with van der Waals surface area (Å²) < 4.78 is 2.78. The molecule has 2 aromatic rings. The van der Waals surface area contributed by atoms with E-state index in [0.29, 0.717) is 5.56 Å². The first-order chi connectivity index (χ1) is 9.95.